The lowest BCUT2D eigenvalue weighted by Crippen LogP contribution is -2.05. The highest BCUT2D eigenvalue weighted by molar-refractivity contribution is 7.80. The molecular weight excluding hydrogens is 168 g/mol. The van der Waals surface area contributed by atoms with Gasteiger partial charge in [0.15, 0.2) is 0 Å². The quantitative estimate of drug-likeness (QED) is 0.521. The van der Waals surface area contributed by atoms with E-state index in [2.05, 4.69) is 16.3 Å². The van der Waals surface area contributed by atoms with Crippen molar-refractivity contribution in [3.05, 3.63) is 35.7 Å². The van der Waals surface area contributed by atoms with E-state index in [-0.39, 0.29) is 0 Å². The van der Waals surface area contributed by atoms with E-state index >= 15 is 0 Å². The molecule has 0 saturated heterocycles. The Balaban J connectivity index is 2.48. The van der Waals surface area contributed by atoms with Gasteiger partial charge in [0.25, 0.3) is 0 Å². The molecule has 0 aromatic rings. The van der Waals surface area contributed by atoms with Crippen molar-refractivity contribution in [3.8, 4) is 0 Å². The van der Waals surface area contributed by atoms with Crippen molar-refractivity contribution < 1.29 is 0 Å². The van der Waals surface area contributed by atoms with E-state index in [0.29, 0.717) is 0 Å². The van der Waals surface area contributed by atoms with Gasteiger partial charge >= 0.3 is 0 Å². The molecule has 1 aliphatic heterocycles. The normalized spacial score (nSPS) is 21.2. The van der Waals surface area contributed by atoms with Crippen LogP contribution in [0.1, 0.15) is 12.8 Å². The minimum absolute atomic E-state index is 0.927. The number of azo groups is 1. The lowest BCUT2D eigenvalue weighted by atomic mass is 9.98. The molecule has 2 aliphatic rings. The summed E-state index contributed by atoms with van der Waals surface area (Å²) in [6, 6.07) is 0. The highest BCUT2D eigenvalue weighted by Gasteiger charge is 2.14. The molecule has 60 valence electrons. The van der Waals surface area contributed by atoms with Crippen LogP contribution < -0.4 is 0 Å². The number of nitrogens with zero attached hydrogens (tertiary/aromatic N) is 2. The van der Waals surface area contributed by atoms with E-state index in [0.717, 1.165) is 29.0 Å². The highest BCUT2D eigenvalue weighted by Crippen LogP contribution is 2.24. The van der Waals surface area contributed by atoms with Crippen LogP contribution in [0.4, 0.5) is 0 Å². The summed E-state index contributed by atoms with van der Waals surface area (Å²) in [5, 5.41) is 7.89. The van der Waals surface area contributed by atoms with Crippen molar-refractivity contribution in [3.63, 3.8) is 0 Å². The van der Waals surface area contributed by atoms with E-state index in [1.54, 1.807) is 6.20 Å². The Kier molecular flexibility index (Phi) is 1.96. The van der Waals surface area contributed by atoms with Gasteiger partial charge in [0.05, 0.1) is 5.70 Å². The number of thiocarbonyl (C=S) groups is 1. The fraction of sp³-hybridized carbons (Fsp3) is 0.222. The molecule has 0 radical (unpaired) electrons. The topological polar surface area (TPSA) is 24.7 Å². The zero-order valence-corrected chi connectivity index (χ0v) is 7.34. The van der Waals surface area contributed by atoms with Gasteiger partial charge in [-0.25, -0.2) is 0 Å². The van der Waals surface area contributed by atoms with Gasteiger partial charge in [-0.1, -0.05) is 24.4 Å². The average molecular weight is 176 g/mol. The molecule has 0 spiro atoms. The summed E-state index contributed by atoms with van der Waals surface area (Å²) < 4.78 is 0. The van der Waals surface area contributed by atoms with Crippen LogP contribution in [0.3, 0.4) is 0 Å². The summed E-state index contributed by atoms with van der Waals surface area (Å²) in [6.45, 7) is 0. The average Bonchev–Trinajstić information content (AvgIpc) is 2.30. The van der Waals surface area contributed by atoms with Gasteiger partial charge in [0.1, 0.15) is 0 Å². The van der Waals surface area contributed by atoms with E-state index in [1.807, 2.05) is 12.2 Å². The molecule has 0 aromatic heterocycles. The number of hydrogen-bond donors (Lipinski definition) is 0. The Morgan fingerprint density at radius 2 is 2.33 bits per heavy atom. The molecule has 0 amide bonds. The lowest BCUT2D eigenvalue weighted by molar-refractivity contribution is 1.03. The van der Waals surface area contributed by atoms with Crippen molar-refractivity contribution in [2.24, 2.45) is 10.2 Å². The first kappa shape index (κ1) is 7.55. The molecule has 0 unspecified atom stereocenters. The van der Waals surface area contributed by atoms with Gasteiger partial charge < -0.3 is 0 Å². The minimum Gasteiger partial charge on any atom is -0.159 e. The van der Waals surface area contributed by atoms with Crippen LogP contribution in [0.25, 0.3) is 0 Å². The summed E-state index contributed by atoms with van der Waals surface area (Å²) in [6.07, 6.45) is 9.57. The van der Waals surface area contributed by atoms with Crippen molar-refractivity contribution >= 4 is 17.1 Å². The molecule has 1 aliphatic carbocycles. The predicted molar refractivity (Wildman–Crippen MR) is 52.0 cm³/mol. The van der Waals surface area contributed by atoms with Gasteiger partial charge in [-0.05, 0) is 18.9 Å². The summed E-state index contributed by atoms with van der Waals surface area (Å²) in [7, 11) is 0. The SMILES string of the molecule is S=C1CCC=C2N=NC=CC=C12. The molecule has 1 heterocycles. The molecule has 3 heteroatoms. The van der Waals surface area contributed by atoms with Crippen LogP contribution in [-0.4, -0.2) is 4.86 Å². The molecule has 0 fully saturated rings. The third kappa shape index (κ3) is 1.28. The first-order chi connectivity index (χ1) is 5.88. The van der Waals surface area contributed by atoms with Crippen molar-refractivity contribution in [1.82, 2.24) is 0 Å². The Bertz CT molecular complexity index is 334. The molecule has 2 nitrogen and oxygen atoms in total. The molecular formula is C9H8N2S. The highest BCUT2D eigenvalue weighted by atomic mass is 32.1. The van der Waals surface area contributed by atoms with Crippen LogP contribution in [-0.2, 0) is 0 Å². The van der Waals surface area contributed by atoms with E-state index in [1.165, 1.54) is 0 Å². The molecule has 0 aromatic carbocycles. The maximum absolute atomic E-state index is 5.22. The molecule has 2 rings (SSSR count). The number of fused-ring (bicyclic) bond motifs is 1. The Labute approximate surface area is 76.4 Å². The van der Waals surface area contributed by atoms with Crippen molar-refractivity contribution in [1.29, 1.82) is 0 Å². The Morgan fingerprint density at radius 1 is 1.42 bits per heavy atom. The third-order valence-electron chi connectivity index (χ3n) is 1.87. The lowest BCUT2D eigenvalue weighted by Gasteiger charge is -2.12. The molecule has 0 N–H and O–H groups in total. The molecule has 0 saturated carbocycles. The summed E-state index contributed by atoms with van der Waals surface area (Å²) >= 11 is 5.22. The van der Waals surface area contributed by atoms with Gasteiger partial charge in [0.2, 0.25) is 0 Å². The second-order valence-electron chi connectivity index (χ2n) is 2.69. The summed E-state index contributed by atoms with van der Waals surface area (Å²) in [4.78, 5) is 0.998. The maximum atomic E-state index is 5.22. The molecule has 12 heavy (non-hydrogen) atoms. The second kappa shape index (κ2) is 3.11. The smallest absolute Gasteiger partial charge is 0.0900 e. The zero-order valence-electron chi connectivity index (χ0n) is 6.53. The molecule has 0 atom stereocenters. The third-order valence-corrected chi connectivity index (χ3v) is 2.29. The van der Waals surface area contributed by atoms with Crippen LogP contribution >= 0.6 is 12.2 Å². The minimum atomic E-state index is 0.927. The largest absolute Gasteiger partial charge is 0.159 e. The monoisotopic (exact) mass is 176 g/mol. The van der Waals surface area contributed by atoms with E-state index in [4.69, 9.17) is 12.2 Å². The summed E-state index contributed by atoms with van der Waals surface area (Å²) in [5.74, 6) is 0. The van der Waals surface area contributed by atoms with Crippen molar-refractivity contribution in [2.75, 3.05) is 0 Å². The van der Waals surface area contributed by atoms with Crippen molar-refractivity contribution in [2.45, 2.75) is 12.8 Å². The van der Waals surface area contributed by atoms with Crippen LogP contribution in [0.2, 0.25) is 0 Å². The molecule has 0 bridgehead atoms. The van der Waals surface area contributed by atoms with E-state index < -0.39 is 0 Å². The standard InChI is InChI=1S/C9H8N2S/c12-9-5-1-4-8-7(9)3-2-6-10-11-8/h2-4,6H,1,5H2. The first-order valence-electron chi connectivity index (χ1n) is 3.89. The Hall–Kier alpha value is -1.09. The second-order valence-corrected chi connectivity index (χ2v) is 3.18. The summed E-state index contributed by atoms with van der Waals surface area (Å²) in [5.41, 5.74) is 1.99. The predicted octanol–water partition coefficient (Wildman–Crippen LogP) is 2.94. The first-order valence-corrected chi connectivity index (χ1v) is 4.30. The number of allylic oxidation sites excluding steroid dienone is 4. The van der Waals surface area contributed by atoms with Gasteiger partial charge in [-0.3, -0.25) is 0 Å². The van der Waals surface area contributed by atoms with Crippen LogP contribution in [0.5, 0.6) is 0 Å². The van der Waals surface area contributed by atoms with Crippen LogP contribution in [0.15, 0.2) is 45.9 Å². The number of hydrogen-bond acceptors (Lipinski definition) is 3. The Morgan fingerprint density at radius 3 is 3.25 bits per heavy atom. The van der Waals surface area contributed by atoms with Gasteiger partial charge in [0, 0.05) is 16.6 Å². The number of rotatable bonds is 0. The van der Waals surface area contributed by atoms with Gasteiger partial charge in [-0.15, -0.1) is 0 Å². The van der Waals surface area contributed by atoms with E-state index in [9.17, 15) is 0 Å². The van der Waals surface area contributed by atoms with Crippen LogP contribution in [0, 0.1) is 0 Å². The zero-order chi connectivity index (χ0) is 8.39. The van der Waals surface area contributed by atoms with Gasteiger partial charge in [-0.2, -0.15) is 10.2 Å². The fourth-order valence-corrected chi connectivity index (χ4v) is 1.56. The fourth-order valence-electron chi connectivity index (χ4n) is 1.27. The maximum Gasteiger partial charge on any atom is 0.0900 e.